The second-order valence-electron chi connectivity index (χ2n) is 6.26. The van der Waals surface area contributed by atoms with Gasteiger partial charge in [-0.05, 0) is 0 Å². The van der Waals surface area contributed by atoms with Gasteiger partial charge in [-0.25, -0.2) is 0 Å². The number of ether oxygens (including phenoxy) is 3. The molecular weight excluding hydrogens is 374 g/mol. The molecule has 2 heterocycles. The summed E-state index contributed by atoms with van der Waals surface area (Å²) in [4.78, 5) is 11.4. The molecule has 0 aromatic heterocycles. The summed E-state index contributed by atoms with van der Waals surface area (Å²) < 4.78 is 15.9. The van der Waals surface area contributed by atoms with Crippen LogP contribution in [0.3, 0.4) is 0 Å². The Balaban J connectivity index is 2.22. The number of hydrogen-bond donors (Lipinski definition) is 8. The highest BCUT2D eigenvalue weighted by molar-refractivity contribution is 7.80. The summed E-state index contributed by atoms with van der Waals surface area (Å²) >= 11 is 4.02. The zero-order valence-corrected chi connectivity index (χ0v) is 14.8. The van der Waals surface area contributed by atoms with E-state index in [1.807, 2.05) is 0 Å². The number of aliphatic hydroxyl groups excluding tert-OH is 6. The molecule has 0 aromatic rings. The lowest BCUT2D eigenvalue weighted by Gasteiger charge is -2.46. The minimum absolute atomic E-state index is 0.0195. The van der Waals surface area contributed by atoms with Crippen LogP contribution in [0.2, 0.25) is 0 Å². The fourth-order valence-corrected chi connectivity index (χ4v) is 3.27. The average molecular weight is 399 g/mol. The van der Waals surface area contributed by atoms with Crippen LogP contribution in [0.5, 0.6) is 0 Å². The predicted octanol–water partition coefficient (Wildman–Crippen LogP) is -4.32. The Labute approximate surface area is 154 Å². The summed E-state index contributed by atoms with van der Waals surface area (Å²) in [5, 5.41) is 61.9. The van der Waals surface area contributed by atoms with E-state index in [9.17, 15) is 35.4 Å². The first kappa shape index (κ1) is 21.8. The van der Waals surface area contributed by atoms with Crippen LogP contribution in [0.1, 0.15) is 6.92 Å². The Morgan fingerprint density at radius 3 is 2.23 bits per heavy atom. The second kappa shape index (κ2) is 9.10. The summed E-state index contributed by atoms with van der Waals surface area (Å²) in [6.07, 6.45) is -12.8. The largest absolute Gasteiger partial charge is 0.394 e. The van der Waals surface area contributed by atoms with Crippen molar-refractivity contribution in [1.82, 2.24) is 5.32 Å². The molecule has 2 saturated heterocycles. The summed E-state index contributed by atoms with van der Waals surface area (Å²) in [6.45, 7) is 0.538. The van der Waals surface area contributed by atoms with Crippen LogP contribution in [0.25, 0.3) is 0 Å². The molecule has 7 N–H and O–H groups in total. The van der Waals surface area contributed by atoms with Gasteiger partial charge in [-0.3, -0.25) is 4.79 Å². The topological polar surface area (TPSA) is 178 Å². The lowest BCUT2D eigenvalue weighted by Crippen LogP contribution is -2.67. The number of aliphatic hydroxyl groups is 6. The zero-order chi connectivity index (χ0) is 19.6. The first-order chi connectivity index (χ1) is 12.2. The molecule has 10 atom stereocenters. The maximum absolute atomic E-state index is 11.4. The number of nitrogens with one attached hydrogen (secondary N) is 1. The maximum Gasteiger partial charge on any atom is 0.217 e. The van der Waals surface area contributed by atoms with Crippen LogP contribution in [-0.2, 0) is 19.0 Å². The van der Waals surface area contributed by atoms with Crippen LogP contribution < -0.4 is 5.32 Å². The molecule has 1 amide bonds. The van der Waals surface area contributed by atoms with E-state index in [-0.39, 0.29) is 5.75 Å². The van der Waals surface area contributed by atoms with E-state index >= 15 is 0 Å². The van der Waals surface area contributed by atoms with Gasteiger partial charge in [0.25, 0.3) is 0 Å². The van der Waals surface area contributed by atoms with E-state index in [4.69, 9.17) is 14.2 Å². The zero-order valence-electron chi connectivity index (χ0n) is 14.0. The quantitative estimate of drug-likeness (QED) is 0.211. The number of amides is 1. The molecule has 0 radical (unpaired) electrons. The van der Waals surface area contributed by atoms with Gasteiger partial charge in [0.15, 0.2) is 12.6 Å². The highest BCUT2D eigenvalue weighted by Gasteiger charge is 2.50. The third-order valence-electron chi connectivity index (χ3n) is 4.38. The van der Waals surface area contributed by atoms with Crippen molar-refractivity contribution in [3.63, 3.8) is 0 Å². The van der Waals surface area contributed by atoms with Crippen LogP contribution in [0.4, 0.5) is 0 Å². The van der Waals surface area contributed by atoms with Crippen molar-refractivity contribution < 1.29 is 49.6 Å². The number of thiol groups is 1. The summed E-state index contributed by atoms with van der Waals surface area (Å²) in [5.41, 5.74) is 0. The van der Waals surface area contributed by atoms with Gasteiger partial charge in [-0.2, -0.15) is 12.6 Å². The predicted molar refractivity (Wildman–Crippen MR) is 87.0 cm³/mol. The minimum Gasteiger partial charge on any atom is -0.394 e. The maximum atomic E-state index is 11.4. The molecule has 2 fully saturated rings. The molecule has 26 heavy (non-hydrogen) atoms. The van der Waals surface area contributed by atoms with Crippen molar-refractivity contribution in [2.24, 2.45) is 0 Å². The summed E-state index contributed by atoms with van der Waals surface area (Å²) in [5.74, 6) is -0.518. The monoisotopic (exact) mass is 399 g/mol. The molecule has 11 nitrogen and oxygen atoms in total. The van der Waals surface area contributed by atoms with Gasteiger partial charge < -0.3 is 50.2 Å². The molecule has 2 aliphatic heterocycles. The van der Waals surface area contributed by atoms with E-state index in [2.05, 4.69) is 17.9 Å². The molecule has 2 rings (SSSR count). The van der Waals surface area contributed by atoms with Gasteiger partial charge in [0.1, 0.15) is 42.7 Å². The standard InChI is InChI=1S/C14H25NO10S/c1-4(17)15-7-10(20)8(18)6(3-26)24-14(7)25-12-9(19)5(2-16)23-13(22)11(12)21/h5-14,16,18-22,26H,2-3H2,1H3,(H,15,17)/t5-,6-,7-,8-,9+,10-,11-,12+,13?,14?/m1/s1. The average Bonchev–Trinajstić information content (AvgIpc) is 2.60. The van der Waals surface area contributed by atoms with E-state index in [0.29, 0.717) is 0 Å². The summed E-state index contributed by atoms with van der Waals surface area (Å²) in [6, 6.07) is -1.22. The molecule has 0 spiro atoms. The van der Waals surface area contributed by atoms with Crippen LogP contribution >= 0.6 is 12.6 Å². The fourth-order valence-electron chi connectivity index (χ4n) is 2.97. The molecule has 0 aliphatic carbocycles. The third kappa shape index (κ3) is 4.47. The van der Waals surface area contributed by atoms with Gasteiger partial charge in [-0.15, -0.1) is 0 Å². The molecule has 152 valence electrons. The Morgan fingerprint density at radius 1 is 1.04 bits per heavy atom. The highest BCUT2D eigenvalue weighted by atomic mass is 32.1. The van der Waals surface area contributed by atoms with E-state index < -0.39 is 73.9 Å². The van der Waals surface area contributed by atoms with Gasteiger partial charge in [-0.1, -0.05) is 0 Å². The molecule has 0 aromatic carbocycles. The van der Waals surface area contributed by atoms with Crippen LogP contribution in [0, 0.1) is 0 Å². The number of rotatable bonds is 5. The molecule has 0 bridgehead atoms. The molecule has 2 aliphatic rings. The van der Waals surface area contributed by atoms with E-state index in [1.165, 1.54) is 6.92 Å². The lowest BCUT2D eigenvalue weighted by molar-refractivity contribution is -0.338. The highest BCUT2D eigenvalue weighted by Crippen LogP contribution is 2.28. The van der Waals surface area contributed by atoms with Gasteiger partial charge >= 0.3 is 0 Å². The first-order valence-electron chi connectivity index (χ1n) is 8.06. The Morgan fingerprint density at radius 2 is 1.69 bits per heavy atom. The molecular formula is C14H25NO10S. The van der Waals surface area contributed by atoms with Gasteiger partial charge in [0, 0.05) is 12.7 Å². The second-order valence-corrected chi connectivity index (χ2v) is 6.63. The molecule has 2 unspecified atom stereocenters. The van der Waals surface area contributed by atoms with Gasteiger partial charge in [0.2, 0.25) is 5.91 Å². The number of carbonyl (C=O) groups excluding carboxylic acids is 1. The van der Waals surface area contributed by atoms with Crippen molar-refractivity contribution in [1.29, 1.82) is 0 Å². The first-order valence-corrected chi connectivity index (χ1v) is 8.70. The number of hydrogen-bond acceptors (Lipinski definition) is 11. The van der Waals surface area contributed by atoms with Crippen molar-refractivity contribution in [3.8, 4) is 0 Å². The van der Waals surface area contributed by atoms with Crippen molar-refractivity contribution in [2.45, 2.75) is 68.3 Å². The molecule has 12 heteroatoms. The fraction of sp³-hybridized carbons (Fsp3) is 0.929. The molecule has 0 saturated carbocycles. The van der Waals surface area contributed by atoms with Crippen molar-refractivity contribution in [3.05, 3.63) is 0 Å². The summed E-state index contributed by atoms with van der Waals surface area (Å²) in [7, 11) is 0. The minimum atomic E-state index is -1.74. The Bertz CT molecular complexity index is 485. The smallest absolute Gasteiger partial charge is 0.217 e. The number of carbonyl (C=O) groups is 1. The lowest BCUT2D eigenvalue weighted by atomic mass is 9.96. The SMILES string of the molecule is CC(=O)N[C@H]1C(O[C@H]2[C@@H](O)[C@@H](CO)OC(O)[C@@H]2O)O[C@H](CS)[C@@H](O)[C@@H]1O. The third-order valence-corrected chi connectivity index (χ3v) is 4.74. The van der Waals surface area contributed by atoms with Crippen molar-refractivity contribution >= 4 is 18.5 Å². The Hall–Kier alpha value is -0.540. The van der Waals surface area contributed by atoms with Gasteiger partial charge in [0.05, 0.1) is 12.7 Å². The normalized spacial score (nSPS) is 46.8. The van der Waals surface area contributed by atoms with Crippen LogP contribution in [0.15, 0.2) is 0 Å². The van der Waals surface area contributed by atoms with E-state index in [1.54, 1.807) is 0 Å². The van der Waals surface area contributed by atoms with Crippen molar-refractivity contribution in [2.75, 3.05) is 12.4 Å². The van der Waals surface area contributed by atoms with Crippen LogP contribution in [-0.4, -0.2) is 110 Å². The van der Waals surface area contributed by atoms with E-state index in [0.717, 1.165) is 0 Å². The Kier molecular flexibility index (Phi) is 7.62.